The van der Waals surface area contributed by atoms with Crippen LogP contribution >= 0.6 is 15.9 Å². The summed E-state index contributed by atoms with van der Waals surface area (Å²) in [6.45, 7) is 0.751. The molecule has 0 saturated heterocycles. The molecular weight excluding hydrogens is 264 g/mol. The quantitative estimate of drug-likeness (QED) is 0.826. The van der Waals surface area contributed by atoms with Gasteiger partial charge in [0, 0.05) is 33.5 Å². The molecule has 1 aromatic heterocycles. The van der Waals surface area contributed by atoms with Crippen molar-refractivity contribution in [2.45, 2.75) is 25.2 Å². The lowest BCUT2D eigenvalue weighted by Crippen LogP contribution is -2.17. The molecule has 0 aliphatic heterocycles. The fourth-order valence-corrected chi connectivity index (χ4v) is 3.12. The Bertz CT molecular complexity index is 530. The van der Waals surface area contributed by atoms with Crippen molar-refractivity contribution in [2.75, 3.05) is 6.54 Å². The monoisotopic (exact) mass is 278 g/mol. The molecule has 0 amide bonds. The van der Waals surface area contributed by atoms with Crippen molar-refractivity contribution >= 4 is 26.8 Å². The fraction of sp³-hybridized carbons (Fsp3) is 0.385. The number of hydrogen-bond donors (Lipinski definition) is 2. The van der Waals surface area contributed by atoms with Crippen LogP contribution in [0, 0.1) is 0 Å². The maximum atomic E-state index is 5.84. The van der Waals surface area contributed by atoms with E-state index in [4.69, 9.17) is 5.73 Å². The number of aromatic nitrogens is 1. The molecule has 2 aromatic rings. The Balaban J connectivity index is 2.24. The molecule has 16 heavy (non-hydrogen) atoms. The molecule has 3 heteroatoms. The van der Waals surface area contributed by atoms with E-state index in [2.05, 4.69) is 39.1 Å². The van der Waals surface area contributed by atoms with Crippen LogP contribution in [0.5, 0.6) is 0 Å². The highest BCUT2D eigenvalue weighted by Gasteiger charge is 2.22. The summed E-state index contributed by atoms with van der Waals surface area (Å²) in [7, 11) is 0. The summed E-state index contributed by atoms with van der Waals surface area (Å²) in [6.07, 6.45) is 3.66. The second kappa shape index (κ2) is 3.90. The molecule has 0 fully saturated rings. The Kier molecular flexibility index (Phi) is 2.52. The minimum Gasteiger partial charge on any atom is -0.358 e. The van der Waals surface area contributed by atoms with Crippen LogP contribution in [0.1, 0.15) is 30.0 Å². The molecule has 3 rings (SSSR count). The molecule has 3 N–H and O–H groups in total. The van der Waals surface area contributed by atoms with Crippen LogP contribution in [0.15, 0.2) is 22.7 Å². The molecule has 2 nitrogen and oxygen atoms in total. The second-order valence-electron chi connectivity index (χ2n) is 4.53. The van der Waals surface area contributed by atoms with Gasteiger partial charge in [-0.25, -0.2) is 0 Å². The van der Waals surface area contributed by atoms with E-state index in [0.29, 0.717) is 5.92 Å². The normalized spacial score (nSPS) is 20.0. The van der Waals surface area contributed by atoms with Crippen molar-refractivity contribution < 1.29 is 0 Å². The average Bonchev–Trinajstić information content (AvgIpc) is 2.67. The smallest absolute Gasteiger partial charge is 0.0459 e. The number of benzene rings is 1. The van der Waals surface area contributed by atoms with Gasteiger partial charge in [0.1, 0.15) is 0 Å². The Morgan fingerprint density at radius 2 is 2.31 bits per heavy atom. The topological polar surface area (TPSA) is 41.8 Å². The van der Waals surface area contributed by atoms with E-state index in [1.165, 1.54) is 41.4 Å². The molecule has 0 bridgehead atoms. The molecule has 1 atom stereocenters. The number of halogens is 1. The zero-order chi connectivity index (χ0) is 11.1. The highest BCUT2D eigenvalue weighted by molar-refractivity contribution is 9.10. The molecular formula is C13H15BrN2. The second-order valence-corrected chi connectivity index (χ2v) is 5.45. The molecule has 1 heterocycles. The van der Waals surface area contributed by atoms with E-state index < -0.39 is 0 Å². The minimum absolute atomic E-state index is 0.523. The van der Waals surface area contributed by atoms with Crippen molar-refractivity contribution in [1.29, 1.82) is 0 Å². The number of fused-ring (bicyclic) bond motifs is 3. The number of nitrogens with one attached hydrogen (secondary N) is 1. The third-order valence-corrected chi connectivity index (χ3v) is 4.07. The fourth-order valence-electron chi connectivity index (χ4n) is 2.76. The minimum atomic E-state index is 0.523. The maximum Gasteiger partial charge on any atom is 0.0459 e. The predicted octanol–water partition coefficient (Wildman–Crippen LogP) is 3.31. The largest absolute Gasteiger partial charge is 0.358 e. The summed E-state index contributed by atoms with van der Waals surface area (Å²) in [5, 5.41) is 1.36. The standard InChI is InChI=1S/C13H15BrN2/c14-9-4-5-12-11(6-9)10-3-1-2-8(7-15)13(10)16-12/h4-6,8,16H,1-3,7,15H2. The maximum absolute atomic E-state index is 5.84. The van der Waals surface area contributed by atoms with Gasteiger partial charge in [-0.1, -0.05) is 15.9 Å². The SMILES string of the molecule is NCC1CCCc2c1[nH]c1ccc(Br)cc21. The Hall–Kier alpha value is -0.800. The first-order valence-electron chi connectivity index (χ1n) is 5.79. The van der Waals surface area contributed by atoms with Crippen molar-refractivity contribution in [3.05, 3.63) is 33.9 Å². The van der Waals surface area contributed by atoms with Gasteiger partial charge in [0.15, 0.2) is 0 Å². The number of nitrogens with two attached hydrogens (primary N) is 1. The molecule has 0 saturated carbocycles. The van der Waals surface area contributed by atoms with Crippen LogP contribution in [0.3, 0.4) is 0 Å². The first-order valence-corrected chi connectivity index (χ1v) is 6.59. The van der Waals surface area contributed by atoms with E-state index in [0.717, 1.165) is 11.0 Å². The van der Waals surface area contributed by atoms with Crippen LogP contribution in [0.4, 0.5) is 0 Å². The van der Waals surface area contributed by atoms with Crippen LogP contribution in [0.2, 0.25) is 0 Å². The van der Waals surface area contributed by atoms with E-state index in [-0.39, 0.29) is 0 Å². The van der Waals surface area contributed by atoms with Gasteiger partial charge in [0.05, 0.1) is 0 Å². The van der Waals surface area contributed by atoms with E-state index in [9.17, 15) is 0 Å². The van der Waals surface area contributed by atoms with E-state index in [1.54, 1.807) is 0 Å². The zero-order valence-corrected chi connectivity index (χ0v) is 10.7. The summed E-state index contributed by atoms with van der Waals surface area (Å²) in [5.74, 6) is 0.523. The highest BCUT2D eigenvalue weighted by Crippen LogP contribution is 2.36. The molecule has 1 aliphatic carbocycles. The third kappa shape index (κ3) is 1.50. The van der Waals surface area contributed by atoms with Gasteiger partial charge in [-0.15, -0.1) is 0 Å². The third-order valence-electron chi connectivity index (χ3n) is 3.57. The Morgan fingerprint density at radius 3 is 3.12 bits per heavy atom. The summed E-state index contributed by atoms with van der Waals surface area (Å²) >= 11 is 3.54. The Labute approximate surface area is 103 Å². The van der Waals surface area contributed by atoms with Crippen molar-refractivity contribution in [3.8, 4) is 0 Å². The van der Waals surface area contributed by atoms with Crippen LogP contribution in [-0.2, 0) is 6.42 Å². The van der Waals surface area contributed by atoms with Crippen LogP contribution in [0.25, 0.3) is 10.9 Å². The van der Waals surface area contributed by atoms with Gasteiger partial charge in [0.25, 0.3) is 0 Å². The van der Waals surface area contributed by atoms with Crippen molar-refractivity contribution in [1.82, 2.24) is 4.98 Å². The van der Waals surface area contributed by atoms with Crippen LogP contribution < -0.4 is 5.73 Å². The number of H-pyrrole nitrogens is 1. The lowest BCUT2D eigenvalue weighted by molar-refractivity contribution is 0.553. The van der Waals surface area contributed by atoms with E-state index >= 15 is 0 Å². The first kappa shape index (κ1) is 10.4. The molecule has 1 aliphatic rings. The van der Waals surface area contributed by atoms with E-state index in [1.807, 2.05) is 0 Å². The predicted molar refractivity (Wildman–Crippen MR) is 70.7 cm³/mol. The Morgan fingerprint density at radius 1 is 1.44 bits per heavy atom. The number of aromatic amines is 1. The van der Waals surface area contributed by atoms with Gasteiger partial charge in [-0.3, -0.25) is 0 Å². The summed E-state index contributed by atoms with van der Waals surface area (Å²) in [5.41, 5.74) is 9.95. The lowest BCUT2D eigenvalue weighted by Gasteiger charge is -2.20. The summed E-state index contributed by atoms with van der Waals surface area (Å²) < 4.78 is 1.15. The lowest BCUT2D eigenvalue weighted by atomic mass is 9.87. The van der Waals surface area contributed by atoms with Gasteiger partial charge < -0.3 is 10.7 Å². The van der Waals surface area contributed by atoms with Gasteiger partial charge in [0.2, 0.25) is 0 Å². The molecule has 1 unspecified atom stereocenters. The molecule has 1 aromatic carbocycles. The molecule has 0 radical (unpaired) electrons. The number of hydrogen-bond acceptors (Lipinski definition) is 1. The average molecular weight is 279 g/mol. The number of aryl methyl sites for hydroxylation is 1. The van der Waals surface area contributed by atoms with Crippen molar-refractivity contribution in [2.24, 2.45) is 5.73 Å². The van der Waals surface area contributed by atoms with Crippen LogP contribution in [-0.4, -0.2) is 11.5 Å². The summed E-state index contributed by atoms with van der Waals surface area (Å²) in [6, 6.07) is 6.44. The van der Waals surface area contributed by atoms with Crippen molar-refractivity contribution in [3.63, 3.8) is 0 Å². The van der Waals surface area contributed by atoms with Gasteiger partial charge in [-0.05, 0) is 43.0 Å². The summed E-state index contributed by atoms with van der Waals surface area (Å²) in [4.78, 5) is 3.54. The molecule has 0 spiro atoms. The zero-order valence-electron chi connectivity index (χ0n) is 9.09. The molecule has 84 valence electrons. The van der Waals surface area contributed by atoms with Gasteiger partial charge >= 0.3 is 0 Å². The highest BCUT2D eigenvalue weighted by atomic mass is 79.9. The van der Waals surface area contributed by atoms with Gasteiger partial charge in [-0.2, -0.15) is 0 Å². The number of rotatable bonds is 1. The first-order chi connectivity index (χ1) is 7.79.